The van der Waals surface area contributed by atoms with Crippen LogP contribution in [0.5, 0.6) is 0 Å². The lowest BCUT2D eigenvalue weighted by Crippen LogP contribution is -2.45. The van der Waals surface area contributed by atoms with Crippen LogP contribution in [0.15, 0.2) is 36.5 Å². The largest absolute Gasteiger partial charge is 0.466 e. The molecule has 73 heavy (non-hydrogen) atoms. The fraction of sp³-hybridized carbons (Fsp3) is 0.881. The number of aliphatic hydroxyl groups excluding tert-OH is 2. The highest BCUT2D eigenvalue weighted by Crippen LogP contribution is 2.18. The third-order valence-electron chi connectivity index (χ3n) is 15.2. The standard InChI is InChI=1S/C67H127NO5/c1-3-5-7-9-11-13-15-17-18-19-27-31-34-37-41-45-49-53-57-61-67(72)73-62-58-54-50-46-42-38-35-32-29-26-24-22-20-21-23-25-28-30-33-36-40-44-48-52-56-60-66(71)68-64(63-69)65(70)59-55-51-47-43-39-16-14-12-10-8-6-4-2/h11,13,17-18,21,23,64-65,69-70H,3-10,12,14-16,19-20,22,24-63H2,1-2H3,(H,68,71)/b13-11-,18-17-,23-21-. The summed E-state index contributed by atoms with van der Waals surface area (Å²) < 4.78 is 5.50. The molecule has 0 spiro atoms. The number of amides is 1. The Kier molecular flexibility index (Phi) is 61.0. The number of nitrogens with one attached hydrogen (secondary N) is 1. The number of ether oxygens (including phenoxy) is 1. The van der Waals surface area contributed by atoms with Gasteiger partial charge in [-0.1, -0.05) is 294 Å². The first kappa shape index (κ1) is 71.1. The molecule has 0 fully saturated rings. The molecule has 1 amide bonds. The summed E-state index contributed by atoms with van der Waals surface area (Å²) in [5.41, 5.74) is 0. The van der Waals surface area contributed by atoms with E-state index in [9.17, 15) is 19.8 Å². The van der Waals surface area contributed by atoms with Crippen molar-refractivity contribution in [2.24, 2.45) is 0 Å². The number of esters is 1. The molecule has 0 aromatic heterocycles. The van der Waals surface area contributed by atoms with Crippen LogP contribution in [0.1, 0.15) is 354 Å². The van der Waals surface area contributed by atoms with Crippen molar-refractivity contribution >= 4 is 11.9 Å². The third-order valence-corrected chi connectivity index (χ3v) is 15.2. The molecule has 6 nitrogen and oxygen atoms in total. The van der Waals surface area contributed by atoms with E-state index in [1.165, 1.54) is 270 Å². The van der Waals surface area contributed by atoms with Crippen molar-refractivity contribution < 1.29 is 24.5 Å². The Morgan fingerprint density at radius 2 is 0.685 bits per heavy atom. The SMILES string of the molecule is CCCCC/C=C\C/C=C\CCCCCCCCCCCC(=O)OCCCCCCCCCCCCCC/C=C\CCCCCCCCCCCC(=O)NC(CO)C(O)CCCCCCCCCCCCCC. The Bertz CT molecular complexity index is 1180. The minimum atomic E-state index is -0.665. The van der Waals surface area contributed by atoms with Crippen molar-refractivity contribution in [3.8, 4) is 0 Å². The van der Waals surface area contributed by atoms with Crippen molar-refractivity contribution in [2.45, 2.75) is 366 Å². The lowest BCUT2D eigenvalue weighted by Gasteiger charge is -2.22. The third kappa shape index (κ3) is 59.2. The first-order valence-corrected chi connectivity index (χ1v) is 32.7. The minimum Gasteiger partial charge on any atom is -0.466 e. The molecule has 2 unspecified atom stereocenters. The molecule has 0 saturated heterocycles. The summed E-state index contributed by atoms with van der Waals surface area (Å²) in [7, 11) is 0. The van der Waals surface area contributed by atoms with Crippen LogP contribution in [0, 0.1) is 0 Å². The van der Waals surface area contributed by atoms with Crippen LogP contribution in [-0.2, 0) is 14.3 Å². The Morgan fingerprint density at radius 1 is 0.384 bits per heavy atom. The van der Waals surface area contributed by atoms with Gasteiger partial charge in [0.1, 0.15) is 0 Å². The zero-order valence-electron chi connectivity index (χ0n) is 49.1. The number of carbonyl (C=O) groups is 2. The Hall–Kier alpha value is -1.92. The van der Waals surface area contributed by atoms with Gasteiger partial charge in [0, 0.05) is 12.8 Å². The molecule has 0 radical (unpaired) electrons. The van der Waals surface area contributed by atoms with Crippen LogP contribution in [-0.4, -0.2) is 47.4 Å². The van der Waals surface area contributed by atoms with Gasteiger partial charge < -0.3 is 20.3 Å². The van der Waals surface area contributed by atoms with Crippen molar-refractivity contribution in [2.75, 3.05) is 13.2 Å². The lowest BCUT2D eigenvalue weighted by molar-refractivity contribution is -0.143. The van der Waals surface area contributed by atoms with Gasteiger partial charge in [0.15, 0.2) is 0 Å². The predicted molar refractivity (Wildman–Crippen MR) is 319 cm³/mol. The van der Waals surface area contributed by atoms with E-state index in [-0.39, 0.29) is 18.5 Å². The zero-order valence-corrected chi connectivity index (χ0v) is 49.1. The number of hydrogen-bond donors (Lipinski definition) is 3. The maximum absolute atomic E-state index is 12.5. The highest BCUT2D eigenvalue weighted by Gasteiger charge is 2.20. The Labute approximate surface area is 455 Å². The van der Waals surface area contributed by atoms with Crippen molar-refractivity contribution in [1.82, 2.24) is 5.32 Å². The second-order valence-corrected chi connectivity index (χ2v) is 22.4. The van der Waals surface area contributed by atoms with Crippen LogP contribution in [0.3, 0.4) is 0 Å². The predicted octanol–water partition coefficient (Wildman–Crippen LogP) is 20.8. The summed E-state index contributed by atoms with van der Waals surface area (Å²) in [6.07, 6.45) is 78.8. The summed E-state index contributed by atoms with van der Waals surface area (Å²) in [6.45, 7) is 4.94. The molecule has 0 aliphatic heterocycles. The summed E-state index contributed by atoms with van der Waals surface area (Å²) >= 11 is 0. The van der Waals surface area contributed by atoms with E-state index in [1.807, 2.05) is 0 Å². The van der Waals surface area contributed by atoms with Crippen molar-refractivity contribution in [3.63, 3.8) is 0 Å². The molecule has 0 aliphatic rings. The summed E-state index contributed by atoms with van der Waals surface area (Å²) in [5.74, 6) is -0.0278. The van der Waals surface area contributed by atoms with E-state index in [0.29, 0.717) is 25.9 Å². The van der Waals surface area contributed by atoms with Crippen molar-refractivity contribution in [1.29, 1.82) is 0 Å². The first-order chi connectivity index (χ1) is 36.0. The van der Waals surface area contributed by atoms with Crippen LogP contribution in [0.25, 0.3) is 0 Å². The monoisotopic (exact) mass is 1030 g/mol. The van der Waals surface area contributed by atoms with Gasteiger partial charge in [-0.25, -0.2) is 0 Å². The van der Waals surface area contributed by atoms with E-state index in [4.69, 9.17) is 4.74 Å². The number of rotatable bonds is 61. The molecule has 0 bridgehead atoms. The molecular weight excluding hydrogens is 899 g/mol. The van der Waals surface area contributed by atoms with Gasteiger partial charge >= 0.3 is 5.97 Å². The van der Waals surface area contributed by atoms with Gasteiger partial charge in [-0.3, -0.25) is 9.59 Å². The molecule has 6 heteroatoms. The van der Waals surface area contributed by atoms with Gasteiger partial charge in [-0.05, 0) is 83.5 Å². The van der Waals surface area contributed by atoms with Crippen LogP contribution >= 0.6 is 0 Å². The molecule has 0 heterocycles. The maximum Gasteiger partial charge on any atom is 0.305 e. The number of aliphatic hydroxyl groups is 2. The zero-order chi connectivity index (χ0) is 52.9. The van der Waals surface area contributed by atoms with Crippen LogP contribution in [0.2, 0.25) is 0 Å². The van der Waals surface area contributed by atoms with E-state index >= 15 is 0 Å². The first-order valence-electron chi connectivity index (χ1n) is 32.7. The molecular formula is C67H127NO5. The van der Waals surface area contributed by atoms with Crippen LogP contribution in [0.4, 0.5) is 0 Å². The van der Waals surface area contributed by atoms with E-state index in [1.54, 1.807) is 0 Å². The number of hydrogen-bond acceptors (Lipinski definition) is 5. The summed E-state index contributed by atoms with van der Waals surface area (Å²) in [4.78, 5) is 24.6. The second-order valence-electron chi connectivity index (χ2n) is 22.4. The molecule has 0 aromatic carbocycles. The minimum absolute atomic E-state index is 0.00987. The van der Waals surface area contributed by atoms with Gasteiger partial charge in [0.2, 0.25) is 5.91 Å². The lowest BCUT2D eigenvalue weighted by atomic mass is 10.0. The topological polar surface area (TPSA) is 95.9 Å². The molecule has 0 aromatic rings. The van der Waals surface area contributed by atoms with Gasteiger partial charge in [0.25, 0.3) is 0 Å². The molecule has 3 N–H and O–H groups in total. The summed E-state index contributed by atoms with van der Waals surface area (Å²) in [6, 6.07) is -0.543. The molecule has 0 rings (SSSR count). The Morgan fingerprint density at radius 3 is 1.08 bits per heavy atom. The molecule has 2 atom stereocenters. The normalized spacial score (nSPS) is 12.8. The molecule has 430 valence electrons. The number of carbonyl (C=O) groups excluding carboxylic acids is 2. The van der Waals surface area contributed by atoms with Crippen LogP contribution < -0.4 is 5.32 Å². The van der Waals surface area contributed by atoms with Gasteiger partial charge in [0.05, 0.1) is 25.4 Å². The van der Waals surface area contributed by atoms with Gasteiger partial charge in [-0.15, -0.1) is 0 Å². The summed E-state index contributed by atoms with van der Waals surface area (Å²) in [5, 5.41) is 23.2. The molecule has 0 saturated carbocycles. The molecule has 0 aliphatic carbocycles. The second kappa shape index (κ2) is 62.6. The van der Waals surface area contributed by atoms with Gasteiger partial charge in [-0.2, -0.15) is 0 Å². The number of allylic oxidation sites excluding steroid dienone is 6. The average molecular weight is 1030 g/mol. The van der Waals surface area contributed by atoms with Crippen molar-refractivity contribution in [3.05, 3.63) is 36.5 Å². The Balaban J connectivity index is 3.37. The number of unbranched alkanes of at least 4 members (excludes halogenated alkanes) is 44. The quantitative estimate of drug-likeness (QED) is 0.0320. The smallest absolute Gasteiger partial charge is 0.305 e. The van der Waals surface area contributed by atoms with E-state index in [2.05, 4.69) is 55.6 Å². The van der Waals surface area contributed by atoms with E-state index < -0.39 is 12.1 Å². The average Bonchev–Trinajstić information content (AvgIpc) is 3.39. The highest BCUT2D eigenvalue weighted by atomic mass is 16.5. The fourth-order valence-electron chi connectivity index (χ4n) is 10.1. The van der Waals surface area contributed by atoms with E-state index in [0.717, 1.165) is 51.4 Å². The maximum atomic E-state index is 12.5. The highest BCUT2D eigenvalue weighted by molar-refractivity contribution is 5.76. The fourth-order valence-corrected chi connectivity index (χ4v) is 10.1.